The van der Waals surface area contributed by atoms with E-state index in [0.717, 1.165) is 11.8 Å². The van der Waals surface area contributed by atoms with Crippen molar-refractivity contribution in [1.82, 2.24) is 9.38 Å². The van der Waals surface area contributed by atoms with Crippen LogP contribution in [0.4, 0.5) is 5.82 Å². The van der Waals surface area contributed by atoms with Crippen LogP contribution in [0.3, 0.4) is 0 Å². The van der Waals surface area contributed by atoms with Crippen molar-refractivity contribution in [2.24, 2.45) is 0 Å². The maximum atomic E-state index is 10.9. The molecule has 9 heteroatoms. The molecule has 0 saturated carbocycles. The van der Waals surface area contributed by atoms with Crippen molar-refractivity contribution in [1.29, 1.82) is 0 Å². The Hall–Kier alpha value is -1.61. The topological polar surface area (TPSA) is 97.7 Å². The number of carboxylic acid groups (broad SMARTS) is 1. The lowest BCUT2D eigenvalue weighted by Gasteiger charge is -2.02. The first kappa shape index (κ1) is 11.9. The average molecular weight is 273 g/mol. The van der Waals surface area contributed by atoms with Crippen LogP contribution < -0.4 is 0 Å². The van der Waals surface area contributed by atoms with E-state index in [1.165, 1.54) is 22.7 Å². The Morgan fingerprint density at radius 2 is 2.47 bits per heavy atom. The van der Waals surface area contributed by atoms with Crippen LogP contribution in [0.25, 0.3) is 4.96 Å². The number of thioether (sulfide) groups is 1. The number of fused-ring (bicyclic) bond motifs is 1. The molecule has 1 atom stereocenters. The van der Waals surface area contributed by atoms with Crippen LogP contribution in [0.2, 0.25) is 0 Å². The number of imidazole rings is 1. The summed E-state index contributed by atoms with van der Waals surface area (Å²) in [5.74, 6) is -1.21. The third-order valence-corrected chi connectivity index (χ3v) is 3.82. The van der Waals surface area contributed by atoms with E-state index in [2.05, 4.69) is 4.98 Å². The summed E-state index contributed by atoms with van der Waals surface area (Å²) >= 11 is 2.13. The first-order valence-corrected chi connectivity index (χ1v) is 6.26. The van der Waals surface area contributed by atoms with Crippen molar-refractivity contribution in [2.45, 2.75) is 17.2 Å². The van der Waals surface area contributed by atoms with Crippen molar-refractivity contribution in [2.75, 3.05) is 0 Å². The summed E-state index contributed by atoms with van der Waals surface area (Å²) in [7, 11) is 0. The molecule has 1 unspecified atom stereocenters. The van der Waals surface area contributed by atoms with E-state index >= 15 is 0 Å². The zero-order chi connectivity index (χ0) is 12.6. The van der Waals surface area contributed by atoms with E-state index < -0.39 is 16.1 Å². The smallest absolute Gasteiger partial charge is 0.362 e. The van der Waals surface area contributed by atoms with Gasteiger partial charge >= 0.3 is 11.8 Å². The van der Waals surface area contributed by atoms with Gasteiger partial charge in [0.15, 0.2) is 5.03 Å². The second kappa shape index (κ2) is 4.34. The first-order valence-electron chi connectivity index (χ1n) is 4.50. The fraction of sp³-hybridized carbons (Fsp3) is 0.250. The van der Waals surface area contributed by atoms with Gasteiger partial charge in [-0.15, -0.1) is 0 Å². The molecule has 0 aromatic carbocycles. The number of hydrogen-bond donors (Lipinski definition) is 1. The molecule has 0 fully saturated rings. The predicted octanol–water partition coefficient (Wildman–Crippen LogP) is 1.87. The Balaban J connectivity index is 2.45. The summed E-state index contributed by atoms with van der Waals surface area (Å²) in [6.45, 7) is 1.46. The molecule has 0 amide bonds. The van der Waals surface area contributed by atoms with Gasteiger partial charge < -0.3 is 15.2 Å². The number of carbonyl (C=O) groups is 1. The highest BCUT2D eigenvalue weighted by Crippen LogP contribution is 2.33. The average Bonchev–Trinajstić information content (AvgIpc) is 2.75. The summed E-state index contributed by atoms with van der Waals surface area (Å²) in [5.41, 5.74) is 0. The van der Waals surface area contributed by atoms with Gasteiger partial charge in [0.1, 0.15) is 11.4 Å². The predicted molar refractivity (Wildman–Crippen MR) is 62.7 cm³/mol. The van der Waals surface area contributed by atoms with Crippen LogP contribution in [-0.2, 0) is 4.79 Å². The van der Waals surface area contributed by atoms with Gasteiger partial charge in [0.05, 0.1) is 0 Å². The van der Waals surface area contributed by atoms with E-state index in [1.807, 2.05) is 0 Å². The highest BCUT2D eigenvalue weighted by molar-refractivity contribution is 8.00. The van der Waals surface area contributed by atoms with Crippen LogP contribution in [0.15, 0.2) is 16.6 Å². The van der Waals surface area contributed by atoms with Crippen molar-refractivity contribution >= 4 is 39.8 Å². The maximum absolute atomic E-state index is 10.9. The zero-order valence-corrected chi connectivity index (χ0v) is 10.2. The number of rotatable bonds is 4. The van der Waals surface area contributed by atoms with E-state index in [4.69, 9.17) is 5.11 Å². The molecule has 0 bridgehead atoms. The van der Waals surface area contributed by atoms with E-state index in [-0.39, 0.29) is 10.8 Å². The van der Waals surface area contributed by atoms with Gasteiger partial charge in [-0.2, -0.15) is 9.38 Å². The Labute approximate surface area is 103 Å². The monoisotopic (exact) mass is 273 g/mol. The minimum atomic E-state index is -1.03. The molecule has 0 aliphatic carbocycles. The first-order chi connectivity index (χ1) is 8.00. The van der Waals surface area contributed by atoms with Gasteiger partial charge in [-0.25, -0.2) is 0 Å². The molecule has 2 rings (SSSR count). The third kappa shape index (κ3) is 2.11. The van der Waals surface area contributed by atoms with E-state index in [0.29, 0.717) is 4.96 Å². The molecule has 0 saturated heterocycles. The highest BCUT2D eigenvalue weighted by atomic mass is 32.2. The molecule has 0 spiro atoms. The summed E-state index contributed by atoms with van der Waals surface area (Å²) < 4.78 is 1.35. The van der Waals surface area contributed by atoms with Crippen molar-refractivity contribution in [3.63, 3.8) is 0 Å². The van der Waals surface area contributed by atoms with Gasteiger partial charge in [-0.1, -0.05) is 23.1 Å². The Morgan fingerprint density at radius 1 is 1.76 bits per heavy atom. The fourth-order valence-electron chi connectivity index (χ4n) is 1.22. The molecule has 17 heavy (non-hydrogen) atoms. The number of thiazole rings is 1. The molecule has 0 radical (unpaired) electrons. The molecule has 7 nitrogen and oxygen atoms in total. The summed E-state index contributed by atoms with van der Waals surface area (Å²) in [5, 5.41) is 20.8. The van der Waals surface area contributed by atoms with Crippen molar-refractivity contribution in [3.05, 3.63) is 21.7 Å². The van der Waals surface area contributed by atoms with Gasteiger partial charge in [-0.05, 0) is 11.8 Å². The Bertz CT molecular complexity index is 591. The number of nitro groups is 1. The van der Waals surface area contributed by atoms with Crippen LogP contribution in [-0.4, -0.2) is 30.6 Å². The highest BCUT2D eigenvalue weighted by Gasteiger charge is 2.27. The Kier molecular flexibility index (Phi) is 3.03. The molecule has 2 aromatic heterocycles. The SMILES string of the molecule is CC(Sc1nc2sccn2c1[N+](=O)[O-])C(=O)O. The van der Waals surface area contributed by atoms with Gasteiger partial charge in [0, 0.05) is 5.38 Å². The third-order valence-electron chi connectivity index (χ3n) is 2.02. The minimum Gasteiger partial charge on any atom is -0.480 e. The summed E-state index contributed by atoms with van der Waals surface area (Å²) in [6, 6.07) is 0. The molecular formula is C8H7N3O4S2. The van der Waals surface area contributed by atoms with Gasteiger partial charge in [0.25, 0.3) is 4.96 Å². The lowest BCUT2D eigenvalue weighted by molar-refractivity contribution is -0.393. The van der Waals surface area contributed by atoms with Crippen LogP contribution in [0, 0.1) is 10.1 Å². The molecule has 2 heterocycles. The number of aromatic nitrogens is 2. The molecule has 2 aromatic rings. The minimum absolute atomic E-state index is 0.136. The normalized spacial score (nSPS) is 12.8. The van der Waals surface area contributed by atoms with Crippen LogP contribution >= 0.6 is 23.1 Å². The molecule has 0 aliphatic heterocycles. The summed E-state index contributed by atoms with van der Waals surface area (Å²) in [6.07, 6.45) is 1.54. The Morgan fingerprint density at radius 3 is 3.06 bits per heavy atom. The quantitative estimate of drug-likeness (QED) is 0.518. The maximum Gasteiger partial charge on any atom is 0.362 e. The van der Waals surface area contributed by atoms with Crippen molar-refractivity contribution in [3.8, 4) is 0 Å². The fourth-order valence-corrected chi connectivity index (χ4v) is 2.84. The molecule has 90 valence electrons. The van der Waals surface area contributed by atoms with E-state index in [9.17, 15) is 14.9 Å². The van der Waals surface area contributed by atoms with Gasteiger partial charge in [0.2, 0.25) is 0 Å². The van der Waals surface area contributed by atoms with Gasteiger partial charge in [-0.3, -0.25) is 4.79 Å². The molecule has 0 aliphatic rings. The second-order valence-electron chi connectivity index (χ2n) is 3.15. The number of nitrogens with zero attached hydrogens (tertiary/aromatic N) is 3. The summed E-state index contributed by atoms with van der Waals surface area (Å²) in [4.78, 5) is 25.6. The largest absolute Gasteiger partial charge is 0.480 e. The lowest BCUT2D eigenvalue weighted by Crippen LogP contribution is -2.11. The lowest BCUT2D eigenvalue weighted by atomic mass is 10.5. The molecular weight excluding hydrogens is 266 g/mol. The number of carboxylic acids is 1. The number of hydrogen-bond acceptors (Lipinski definition) is 6. The van der Waals surface area contributed by atoms with Crippen LogP contribution in [0.5, 0.6) is 0 Å². The number of aliphatic carboxylic acids is 1. The van der Waals surface area contributed by atoms with Crippen LogP contribution in [0.1, 0.15) is 6.92 Å². The second-order valence-corrected chi connectivity index (χ2v) is 5.35. The van der Waals surface area contributed by atoms with Crippen molar-refractivity contribution < 1.29 is 14.8 Å². The van der Waals surface area contributed by atoms with E-state index in [1.54, 1.807) is 11.6 Å². The standard InChI is InChI=1S/C8H7N3O4S2/c1-4(7(12)13)17-5-6(11(14)15)10-2-3-16-8(10)9-5/h2-4H,1H3,(H,12,13). The molecule has 1 N–H and O–H groups in total. The zero-order valence-electron chi connectivity index (χ0n) is 8.56.